The van der Waals surface area contributed by atoms with Gasteiger partial charge >= 0.3 is 12.2 Å². The highest BCUT2D eigenvalue weighted by Crippen LogP contribution is 2.39. The van der Waals surface area contributed by atoms with Gasteiger partial charge in [0.2, 0.25) is 5.91 Å². The van der Waals surface area contributed by atoms with Gasteiger partial charge in [-0.1, -0.05) is 6.07 Å². The Morgan fingerprint density at radius 2 is 1.62 bits per heavy atom. The Labute approximate surface area is 241 Å². The van der Waals surface area contributed by atoms with Gasteiger partial charge in [-0.2, -0.15) is 13.2 Å². The van der Waals surface area contributed by atoms with E-state index in [1.807, 2.05) is 0 Å². The molecule has 0 saturated carbocycles. The van der Waals surface area contributed by atoms with Crippen molar-refractivity contribution < 1.29 is 35.9 Å². The lowest BCUT2D eigenvalue weighted by molar-refractivity contribution is -0.137. The topological polar surface area (TPSA) is 47.1 Å². The van der Waals surface area contributed by atoms with Gasteiger partial charge in [0, 0.05) is 58.3 Å². The predicted octanol–water partition coefficient (Wildman–Crippen LogP) is 6.57. The molecule has 2 heterocycles. The van der Waals surface area contributed by atoms with Crippen LogP contribution in [-0.4, -0.2) is 77.4 Å². The Bertz CT molecular complexity index is 1300. The third-order valence-electron chi connectivity index (χ3n) is 8.61. The van der Waals surface area contributed by atoms with Crippen molar-refractivity contribution in [3.05, 3.63) is 70.0 Å². The highest BCUT2D eigenvalue weighted by atomic mass is 19.4. The lowest BCUT2D eigenvalue weighted by atomic mass is 9.88. The van der Waals surface area contributed by atoms with Crippen LogP contribution < -0.4 is 0 Å². The maximum Gasteiger partial charge on any atom is 0.416 e. The van der Waals surface area contributed by atoms with Crippen LogP contribution in [0.25, 0.3) is 0 Å². The molecular weight excluding hydrogens is 562 g/mol. The van der Waals surface area contributed by atoms with Crippen LogP contribution in [0.1, 0.15) is 73.0 Å². The second-order valence-electron chi connectivity index (χ2n) is 11.2. The third-order valence-corrected chi connectivity index (χ3v) is 8.61. The molecule has 6 nitrogen and oxygen atoms in total. The normalized spacial score (nSPS) is 21.0. The Kier molecular flexibility index (Phi) is 9.44. The van der Waals surface area contributed by atoms with Gasteiger partial charge in [0.25, 0.3) is 6.43 Å². The first kappa shape index (κ1) is 31.7. The summed E-state index contributed by atoms with van der Waals surface area (Å²) >= 11 is 0. The maximum atomic E-state index is 14.0. The minimum atomic E-state index is -4.83. The Morgan fingerprint density at radius 3 is 2.19 bits per heavy atom. The highest BCUT2D eigenvalue weighted by molar-refractivity contribution is 5.76. The van der Waals surface area contributed by atoms with Crippen LogP contribution in [0.5, 0.6) is 0 Å². The van der Waals surface area contributed by atoms with Crippen LogP contribution in [0.4, 0.5) is 31.1 Å². The zero-order valence-electron chi connectivity index (χ0n) is 24.1. The summed E-state index contributed by atoms with van der Waals surface area (Å²) in [6, 6.07) is 4.85. The van der Waals surface area contributed by atoms with Crippen molar-refractivity contribution >= 4 is 11.9 Å². The number of benzene rings is 2. The van der Waals surface area contributed by atoms with E-state index >= 15 is 0 Å². The molecule has 3 unspecified atom stereocenters. The van der Waals surface area contributed by atoms with Crippen molar-refractivity contribution in [2.45, 2.75) is 64.3 Å². The summed E-state index contributed by atoms with van der Waals surface area (Å²) in [6.45, 7) is 7.72. The molecule has 0 aliphatic carbocycles. The first-order chi connectivity index (χ1) is 19.7. The Hall–Kier alpha value is -3.28. The van der Waals surface area contributed by atoms with Gasteiger partial charge in [0.05, 0.1) is 17.6 Å². The van der Waals surface area contributed by atoms with E-state index in [2.05, 4.69) is 4.90 Å². The molecule has 0 aromatic heterocycles. The standard InChI is InChI=1S/C30H36F6N4O2/c1-18-13-24(31)5-6-26(18)27-17-25(39-11-9-38(10-12-39)20(3)41)7-8-40(27)29(42)37(4)19(2)21-14-22(28(32)33)16-23(15-21)30(34,35)36/h5-6,13-16,19,25,27-28H,7-12,17H2,1-4H3. The second kappa shape index (κ2) is 12.5. The number of piperidine rings is 1. The fourth-order valence-corrected chi connectivity index (χ4v) is 6.02. The Balaban J connectivity index is 1.61. The zero-order valence-corrected chi connectivity index (χ0v) is 24.1. The number of amides is 3. The molecule has 2 fully saturated rings. The number of hydrogen-bond donors (Lipinski definition) is 0. The lowest BCUT2D eigenvalue weighted by Gasteiger charge is -2.47. The molecule has 2 saturated heterocycles. The van der Waals surface area contributed by atoms with Crippen molar-refractivity contribution in [3.8, 4) is 0 Å². The van der Waals surface area contributed by atoms with Gasteiger partial charge in [-0.15, -0.1) is 0 Å². The molecular formula is C30H36F6N4O2. The summed E-state index contributed by atoms with van der Waals surface area (Å²) in [5.41, 5.74) is -0.595. The minimum Gasteiger partial charge on any atom is -0.340 e. The molecule has 3 atom stereocenters. The number of likely N-dealkylation sites (tertiary alicyclic amines) is 1. The second-order valence-corrected chi connectivity index (χ2v) is 11.2. The smallest absolute Gasteiger partial charge is 0.340 e. The number of urea groups is 1. The first-order valence-corrected chi connectivity index (χ1v) is 14.0. The van der Waals surface area contributed by atoms with Crippen LogP contribution >= 0.6 is 0 Å². The predicted molar refractivity (Wildman–Crippen MR) is 145 cm³/mol. The quantitative estimate of drug-likeness (QED) is 0.366. The molecule has 230 valence electrons. The van der Waals surface area contributed by atoms with Crippen LogP contribution in [0.2, 0.25) is 0 Å². The van der Waals surface area contributed by atoms with Crippen molar-refractivity contribution in [3.63, 3.8) is 0 Å². The minimum absolute atomic E-state index is 0.0217. The molecule has 2 aromatic carbocycles. The number of nitrogens with zero attached hydrogens (tertiary/aromatic N) is 4. The number of halogens is 6. The van der Waals surface area contributed by atoms with E-state index in [9.17, 15) is 35.9 Å². The van der Waals surface area contributed by atoms with Gasteiger partial charge < -0.3 is 14.7 Å². The van der Waals surface area contributed by atoms with E-state index in [0.29, 0.717) is 57.2 Å². The summed E-state index contributed by atoms with van der Waals surface area (Å²) < 4.78 is 81.5. The summed E-state index contributed by atoms with van der Waals surface area (Å²) in [4.78, 5) is 32.7. The van der Waals surface area contributed by atoms with E-state index in [4.69, 9.17) is 0 Å². The molecule has 0 bridgehead atoms. The van der Waals surface area contributed by atoms with Gasteiger partial charge in [-0.3, -0.25) is 9.69 Å². The van der Waals surface area contributed by atoms with Crippen molar-refractivity contribution in [1.29, 1.82) is 0 Å². The van der Waals surface area contributed by atoms with E-state index in [1.165, 1.54) is 37.9 Å². The van der Waals surface area contributed by atoms with E-state index in [1.54, 1.807) is 22.8 Å². The summed E-state index contributed by atoms with van der Waals surface area (Å²) in [5, 5.41) is 0. The molecule has 0 radical (unpaired) electrons. The van der Waals surface area contributed by atoms with Crippen molar-refractivity contribution in [2.75, 3.05) is 39.8 Å². The molecule has 2 aromatic rings. The monoisotopic (exact) mass is 598 g/mol. The Morgan fingerprint density at radius 1 is 0.976 bits per heavy atom. The van der Waals surface area contributed by atoms with Crippen LogP contribution in [0.3, 0.4) is 0 Å². The molecule has 4 rings (SSSR count). The first-order valence-electron chi connectivity index (χ1n) is 14.0. The van der Waals surface area contributed by atoms with E-state index in [0.717, 1.165) is 17.7 Å². The SMILES string of the molecule is CC(=O)N1CCN(C2CCN(C(=O)N(C)C(C)c3cc(C(F)F)cc(C(F)(F)F)c3)C(c3ccc(F)cc3C)C2)CC1. The van der Waals surface area contributed by atoms with Crippen LogP contribution in [-0.2, 0) is 11.0 Å². The average Bonchev–Trinajstić information content (AvgIpc) is 2.95. The maximum absolute atomic E-state index is 14.0. The number of piperazine rings is 1. The number of hydrogen-bond acceptors (Lipinski definition) is 3. The lowest BCUT2D eigenvalue weighted by Crippen LogP contribution is -2.56. The molecule has 2 aliphatic heterocycles. The summed E-state index contributed by atoms with van der Waals surface area (Å²) in [6.07, 6.45) is -6.77. The molecule has 2 aliphatic rings. The molecule has 42 heavy (non-hydrogen) atoms. The fraction of sp³-hybridized carbons (Fsp3) is 0.533. The van der Waals surface area contributed by atoms with Gasteiger partial charge in [-0.05, 0) is 73.7 Å². The zero-order chi connectivity index (χ0) is 30.9. The molecule has 0 N–H and O–H groups in total. The van der Waals surface area contributed by atoms with Gasteiger partial charge in [-0.25, -0.2) is 18.0 Å². The fourth-order valence-electron chi connectivity index (χ4n) is 6.02. The van der Waals surface area contributed by atoms with Gasteiger partial charge in [0.1, 0.15) is 5.82 Å². The number of carbonyl (C=O) groups is 2. The van der Waals surface area contributed by atoms with Crippen molar-refractivity contribution in [1.82, 2.24) is 19.6 Å². The van der Waals surface area contributed by atoms with E-state index < -0.39 is 47.7 Å². The average molecular weight is 599 g/mol. The van der Waals surface area contributed by atoms with Gasteiger partial charge in [0.15, 0.2) is 0 Å². The van der Waals surface area contributed by atoms with Crippen molar-refractivity contribution in [2.24, 2.45) is 0 Å². The van der Waals surface area contributed by atoms with Crippen LogP contribution in [0.15, 0.2) is 36.4 Å². The summed E-state index contributed by atoms with van der Waals surface area (Å²) in [5.74, 6) is -0.388. The molecule has 3 amide bonds. The number of alkyl halides is 5. The molecule has 12 heteroatoms. The van der Waals surface area contributed by atoms with Crippen LogP contribution in [0, 0.1) is 12.7 Å². The largest absolute Gasteiger partial charge is 0.416 e. The number of carbonyl (C=O) groups excluding carboxylic acids is 2. The third kappa shape index (κ3) is 6.85. The number of rotatable bonds is 5. The highest BCUT2D eigenvalue weighted by Gasteiger charge is 2.39. The molecule has 0 spiro atoms. The summed E-state index contributed by atoms with van der Waals surface area (Å²) in [7, 11) is 1.44. The number of aryl methyl sites for hydroxylation is 1. The van der Waals surface area contributed by atoms with E-state index in [-0.39, 0.29) is 17.5 Å².